The molecule has 0 unspecified atom stereocenters. The second-order valence-electron chi connectivity index (χ2n) is 6.62. The third-order valence-electron chi connectivity index (χ3n) is 4.66. The average Bonchev–Trinajstić information content (AvgIpc) is 2.64. The van der Waals surface area contributed by atoms with Crippen LogP contribution in [0.4, 0.5) is 0 Å². The number of nitrogens with zero attached hydrogens (tertiary/aromatic N) is 1. The quantitative estimate of drug-likeness (QED) is 0.796. The Morgan fingerprint density at radius 1 is 1.19 bits per heavy atom. The number of ether oxygens (including phenoxy) is 1. The van der Waals surface area contributed by atoms with E-state index < -0.39 is 15.1 Å². The van der Waals surface area contributed by atoms with Gasteiger partial charge in [-0.05, 0) is 26.7 Å². The Bertz CT molecular complexity index is 464. The van der Waals surface area contributed by atoms with Gasteiger partial charge in [-0.25, -0.2) is 8.42 Å². The Labute approximate surface area is 127 Å². The maximum absolute atomic E-state index is 12.3. The monoisotopic (exact) mass is 317 g/mol. The molecule has 0 bridgehead atoms. The van der Waals surface area contributed by atoms with E-state index in [4.69, 9.17) is 4.74 Å². The third kappa shape index (κ3) is 4.19. The molecule has 1 amide bonds. The van der Waals surface area contributed by atoms with E-state index in [2.05, 4.69) is 0 Å². The first kappa shape index (κ1) is 16.7. The van der Waals surface area contributed by atoms with Crippen molar-refractivity contribution in [2.75, 3.05) is 25.4 Å². The van der Waals surface area contributed by atoms with Crippen LogP contribution in [0.2, 0.25) is 0 Å². The van der Waals surface area contributed by atoms with Crippen molar-refractivity contribution in [2.45, 2.75) is 63.2 Å². The average molecular weight is 317 g/mol. The molecule has 0 radical (unpaired) electrons. The highest BCUT2D eigenvalue weighted by molar-refractivity contribution is 7.92. The second kappa shape index (κ2) is 6.65. The summed E-state index contributed by atoms with van der Waals surface area (Å²) < 4.78 is 29.9. The van der Waals surface area contributed by atoms with E-state index in [9.17, 15) is 13.2 Å². The molecule has 1 spiro atoms. The summed E-state index contributed by atoms with van der Waals surface area (Å²) in [6, 6.07) is 0. The van der Waals surface area contributed by atoms with Crippen LogP contribution in [0, 0.1) is 0 Å². The molecule has 2 rings (SSSR count). The van der Waals surface area contributed by atoms with Gasteiger partial charge in [0.1, 0.15) is 5.75 Å². The van der Waals surface area contributed by atoms with E-state index in [0.717, 1.165) is 25.7 Å². The second-order valence-corrected chi connectivity index (χ2v) is 9.17. The lowest BCUT2D eigenvalue weighted by atomic mass is 9.92. The number of hydrogen-bond acceptors (Lipinski definition) is 4. The van der Waals surface area contributed by atoms with Gasteiger partial charge < -0.3 is 9.64 Å². The molecule has 1 aliphatic heterocycles. The van der Waals surface area contributed by atoms with Crippen LogP contribution in [0.1, 0.15) is 52.4 Å². The van der Waals surface area contributed by atoms with Crippen molar-refractivity contribution in [3.05, 3.63) is 0 Å². The van der Waals surface area contributed by atoms with E-state index in [1.165, 1.54) is 12.8 Å². The molecule has 0 N–H and O–H groups in total. The molecule has 122 valence electrons. The molecule has 21 heavy (non-hydrogen) atoms. The molecule has 0 aromatic carbocycles. The van der Waals surface area contributed by atoms with Gasteiger partial charge in [0.25, 0.3) is 0 Å². The van der Waals surface area contributed by atoms with E-state index >= 15 is 0 Å². The summed E-state index contributed by atoms with van der Waals surface area (Å²) in [5.74, 6) is -0.642. The standard InChI is InChI=1S/C15H27NO4S/c1-13(2)21(18,19)11-14(17)16-9-10-20-15(12-16)7-5-3-4-6-8-15/h13H,3-12H2,1-2H3. The predicted octanol–water partition coefficient (Wildman–Crippen LogP) is 1.76. The number of amides is 1. The lowest BCUT2D eigenvalue weighted by Crippen LogP contribution is -2.54. The summed E-state index contributed by atoms with van der Waals surface area (Å²) in [7, 11) is -3.33. The van der Waals surface area contributed by atoms with Gasteiger partial charge in [-0.15, -0.1) is 0 Å². The zero-order valence-corrected chi connectivity index (χ0v) is 14.0. The summed E-state index contributed by atoms with van der Waals surface area (Å²) in [6.45, 7) is 4.82. The Hall–Kier alpha value is -0.620. The molecule has 1 saturated heterocycles. The number of carbonyl (C=O) groups excluding carboxylic acids is 1. The summed E-state index contributed by atoms with van der Waals surface area (Å²) in [5, 5.41) is -0.505. The fourth-order valence-corrected chi connectivity index (χ4v) is 4.02. The molecular formula is C15H27NO4S. The predicted molar refractivity (Wildman–Crippen MR) is 81.9 cm³/mol. The van der Waals surface area contributed by atoms with Crippen molar-refractivity contribution in [1.29, 1.82) is 0 Å². The smallest absolute Gasteiger partial charge is 0.237 e. The fraction of sp³-hybridized carbons (Fsp3) is 0.933. The molecule has 1 saturated carbocycles. The number of hydrogen-bond donors (Lipinski definition) is 0. The first-order valence-electron chi connectivity index (χ1n) is 7.98. The largest absolute Gasteiger partial charge is 0.371 e. The van der Waals surface area contributed by atoms with Crippen LogP contribution < -0.4 is 0 Å². The van der Waals surface area contributed by atoms with Crippen LogP contribution in [-0.2, 0) is 19.4 Å². The molecule has 1 heterocycles. The number of sulfone groups is 1. The third-order valence-corrected chi connectivity index (χ3v) is 6.74. The van der Waals surface area contributed by atoms with Gasteiger partial charge in [-0.1, -0.05) is 25.7 Å². The molecule has 0 aromatic heterocycles. The van der Waals surface area contributed by atoms with Crippen LogP contribution in [0.5, 0.6) is 0 Å². The zero-order valence-electron chi connectivity index (χ0n) is 13.1. The summed E-state index contributed by atoms with van der Waals surface area (Å²) >= 11 is 0. The van der Waals surface area contributed by atoms with Crippen molar-refractivity contribution < 1.29 is 17.9 Å². The lowest BCUT2D eigenvalue weighted by Gasteiger charge is -2.42. The van der Waals surface area contributed by atoms with Crippen LogP contribution >= 0.6 is 0 Å². The Morgan fingerprint density at radius 3 is 2.38 bits per heavy atom. The van der Waals surface area contributed by atoms with E-state index in [1.54, 1.807) is 18.7 Å². The van der Waals surface area contributed by atoms with Crippen molar-refractivity contribution in [3.63, 3.8) is 0 Å². The summed E-state index contributed by atoms with van der Waals surface area (Å²) in [4.78, 5) is 14.0. The van der Waals surface area contributed by atoms with Crippen LogP contribution in [0.25, 0.3) is 0 Å². The maximum atomic E-state index is 12.3. The molecule has 0 aromatic rings. The Balaban J connectivity index is 2.02. The molecule has 5 nitrogen and oxygen atoms in total. The molecule has 1 aliphatic carbocycles. The Morgan fingerprint density at radius 2 is 1.81 bits per heavy atom. The van der Waals surface area contributed by atoms with E-state index in [-0.39, 0.29) is 17.3 Å². The van der Waals surface area contributed by atoms with Crippen molar-refractivity contribution in [2.24, 2.45) is 0 Å². The van der Waals surface area contributed by atoms with Gasteiger partial charge in [0.15, 0.2) is 9.84 Å². The minimum Gasteiger partial charge on any atom is -0.371 e. The number of morpholine rings is 1. The van der Waals surface area contributed by atoms with Gasteiger partial charge in [-0.2, -0.15) is 0 Å². The van der Waals surface area contributed by atoms with Crippen molar-refractivity contribution in [3.8, 4) is 0 Å². The summed E-state index contributed by atoms with van der Waals surface area (Å²) in [5.41, 5.74) is -0.230. The number of rotatable bonds is 3. The van der Waals surface area contributed by atoms with Crippen molar-refractivity contribution in [1.82, 2.24) is 4.90 Å². The van der Waals surface area contributed by atoms with Crippen molar-refractivity contribution >= 4 is 15.7 Å². The minimum atomic E-state index is -3.33. The molecule has 0 atom stereocenters. The van der Waals surface area contributed by atoms with Gasteiger partial charge in [0.2, 0.25) is 5.91 Å². The SMILES string of the molecule is CC(C)S(=O)(=O)CC(=O)N1CCOC2(CCCCCC2)C1. The summed E-state index contributed by atoms with van der Waals surface area (Å²) in [6.07, 6.45) is 6.67. The highest BCUT2D eigenvalue weighted by Crippen LogP contribution is 2.33. The lowest BCUT2D eigenvalue weighted by molar-refractivity contribution is -0.150. The van der Waals surface area contributed by atoms with Crippen LogP contribution in [0.15, 0.2) is 0 Å². The van der Waals surface area contributed by atoms with Gasteiger partial charge in [-0.3, -0.25) is 4.79 Å². The van der Waals surface area contributed by atoms with Crippen LogP contribution in [-0.4, -0.2) is 55.5 Å². The highest BCUT2D eigenvalue weighted by Gasteiger charge is 2.39. The number of carbonyl (C=O) groups is 1. The maximum Gasteiger partial charge on any atom is 0.237 e. The fourth-order valence-electron chi connectivity index (χ4n) is 3.16. The first-order valence-corrected chi connectivity index (χ1v) is 9.70. The Kier molecular flexibility index (Phi) is 5.30. The molecular weight excluding hydrogens is 290 g/mol. The van der Waals surface area contributed by atoms with Crippen LogP contribution in [0.3, 0.4) is 0 Å². The van der Waals surface area contributed by atoms with Gasteiger partial charge >= 0.3 is 0 Å². The van der Waals surface area contributed by atoms with Gasteiger partial charge in [0, 0.05) is 13.1 Å². The first-order chi connectivity index (χ1) is 9.85. The minimum absolute atomic E-state index is 0.230. The molecule has 2 aliphatic rings. The normalized spacial score (nSPS) is 23.3. The zero-order chi connectivity index (χ0) is 15.5. The topological polar surface area (TPSA) is 63.7 Å². The van der Waals surface area contributed by atoms with E-state index in [1.807, 2.05) is 0 Å². The van der Waals surface area contributed by atoms with E-state index in [0.29, 0.717) is 19.7 Å². The highest BCUT2D eigenvalue weighted by atomic mass is 32.2. The molecule has 6 heteroatoms. The van der Waals surface area contributed by atoms with Gasteiger partial charge in [0.05, 0.1) is 17.5 Å². The molecule has 2 fully saturated rings.